The normalized spacial score (nSPS) is 17.7. The molecule has 0 radical (unpaired) electrons. The van der Waals surface area contributed by atoms with Crippen molar-refractivity contribution >= 4 is 34.2 Å². The Morgan fingerprint density at radius 3 is 2.53 bits per heavy atom. The van der Waals surface area contributed by atoms with E-state index in [-0.39, 0.29) is 0 Å². The number of aliphatic hydroxyl groups excluding tert-OH is 1. The molecule has 0 saturated carbocycles. The third kappa shape index (κ3) is 4.18. The molecule has 1 atom stereocenters. The highest BCUT2D eigenvalue weighted by Gasteiger charge is 2.20. The van der Waals surface area contributed by atoms with Gasteiger partial charge in [0.15, 0.2) is 5.82 Å². The lowest BCUT2D eigenvalue weighted by Crippen LogP contribution is -2.43. The predicted molar refractivity (Wildman–Crippen MR) is 127 cm³/mol. The minimum absolute atomic E-state index is 0.492. The Balaban J connectivity index is 1.45. The number of aliphatic hydroxyl groups is 1. The Hall–Kier alpha value is -3.04. The molecule has 0 amide bonds. The average Bonchev–Trinajstić information content (AvgIpc) is 3.34. The molecule has 0 bridgehead atoms. The fourth-order valence-electron chi connectivity index (χ4n) is 4.44. The standard InChI is InChI=1S/C23H30N8O/c1-15-19(30-11-7-24-8-12-30)5-6-20(26-15)28-23-25-14-17-13-18(16(2)32)27-22(21(17)29-23)31-9-3-4-10-31/h5-6,13-14,16,24,32H,3-4,7-12H2,1-2H3,(H,25,26,28,29). The van der Waals surface area contributed by atoms with Crippen LogP contribution in [0.15, 0.2) is 24.4 Å². The van der Waals surface area contributed by atoms with E-state index in [1.54, 1.807) is 13.1 Å². The van der Waals surface area contributed by atoms with Crippen molar-refractivity contribution < 1.29 is 5.11 Å². The summed E-state index contributed by atoms with van der Waals surface area (Å²) in [5.74, 6) is 2.03. The molecular weight excluding hydrogens is 404 g/mol. The summed E-state index contributed by atoms with van der Waals surface area (Å²) in [6, 6.07) is 5.96. The van der Waals surface area contributed by atoms with Gasteiger partial charge >= 0.3 is 0 Å². The summed E-state index contributed by atoms with van der Waals surface area (Å²) in [6.07, 6.45) is 3.43. The number of anilines is 4. The van der Waals surface area contributed by atoms with Crippen LogP contribution in [0.2, 0.25) is 0 Å². The minimum atomic E-state index is -0.639. The van der Waals surface area contributed by atoms with Crippen molar-refractivity contribution in [1.29, 1.82) is 0 Å². The zero-order valence-corrected chi connectivity index (χ0v) is 18.7. The summed E-state index contributed by atoms with van der Waals surface area (Å²) in [5, 5.41) is 17.6. The van der Waals surface area contributed by atoms with Crippen molar-refractivity contribution in [3.05, 3.63) is 35.8 Å². The lowest BCUT2D eigenvalue weighted by Gasteiger charge is -2.30. The molecule has 168 valence electrons. The smallest absolute Gasteiger partial charge is 0.229 e. The van der Waals surface area contributed by atoms with Crippen LogP contribution in [0.1, 0.15) is 37.3 Å². The van der Waals surface area contributed by atoms with Gasteiger partial charge in [-0.05, 0) is 44.9 Å². The van der Waals surface area contributed by atoms with Gasteiger partial charge in [-0.15, -0.1) is 0 Å². The first-order chi connectivity index (χ1) is 15.6. The fourth-order valence-corrected chi connectivity index (χ4v) is 4.44. The van der Waals surface area contributed by atoms with Crippen molar-refractivity contribution in [3.8, 4) is 0 Å². The van der Waals surface area contributed by atoms with Crippen LogP contribution in [0.5, 0.6) is 0 Å². The number of pyridine rings is 2. The van der Waals surface area contributed by atoms with Gasteiger partial charge < -0.3 is 25.5 Å². The number of hydrogen-bond acceptors (Lipinski definition) is 9. The molecule has 9 nitrogen and oxygen atoms in total. The number of aromatic nitrogens is 4. The van der Waals surface area contributed by atoms with E-state index in [1.165, 1.54) is 5.69 Å². The summed E-state index contributed by atoms with van der Waals surface area (Å²) < 4.78 is 0. The second-order valence-electron chi connectivity index (χ2n) is 8.54. The van der Waals surface area contributed by atoms with Crippen LogP contribution >= 0.6 is 0 Å². The highest BCUT2D eigenvalue weighted by Crippen LogP contribution is 2.30. The average molecular weight is 435 g/mol. The van der Waals surface area contributed by atoms with Gasteiger partial charge in [-0.2, -0.15) is 0 Å². The predicted octanol–water partition coefficient (Wildman–Crippen LogP) is 2.53. The molecule has 32 heavy (non-hydrogen) atoms. The molecule has 3 N–H and O–H groups in total. The van der Waals surface area contributed by atoms with Crippen molar-refractivity contribution in [1.82, 2.24) is 25.3 Å². The number of piperazine rings is 1. The van der Waals surface area contributed by atoms with Crippen LogP contribution in [-0.4, -0.2) is 64.3 Å². The van der Waals surface area contributed by atoms with E-state index in [2.05, 4.69) is 31.5 Å². The summed E-state index contributed by atoms with van der Waals surface area (Å²) in [4.78, 5) is 23.4. The molecule has 2 saturated heterocycles. The van der Waals surface area contributed by atoms with Gasteiger partial charge in [-0.25, -0.2) is 19.9 Å². The van der Waals surface area contributed by atoms with Crippen LogP contribution in [0, 0.1) is 6.92 Å². The van der Waals surface area contributed by atoms with Crippen molar-refractivity contribution in [2.24, 2.45) is 0 Å². The van der Waals surface area contributed by atoms with E-state index in [0.717, 1.165) is 80.3 Å². The van der Waals surface area contributed by atoms with Crippen LogP contribution in [0.3, 0.4) is 0 Å². The summed E-state index contributed by atoms with van der Waals surface area (Å²) in [5.41, 5.74) is 3.59. The molecule has 2 aliphatic rings. The maximum absolute atomic E-state index is 10.1. The number of hydrogen-bond donors (Lipinski definition) is 3. The number of fused-ring (bicyclic) bond motifs is 1. The maximum Gasteiger partial charge on any atom is 0.229 e. The molecule has 0 spiro atoms. The van der Waals surface area contributed by atoms with Gasteiger partial charge in [0.1, 0.15) is 11.3 Å². The molecule has 2 fully saturated rings. The third-order valence-electron chi connectivity index (χ3n) is 6.16. The Bertz CT molecular complexity index is 1110. The van der Waals surface area contributed by atoms with E-state index in [4.69, 9.17) is 15.0 Å². The largest absolute Gasteiger partial charge is 0.387 e. The topological polar surface area (TPSA) is 102 Å². The van der Waals surface area contributed by atoms with Crippen LogP contribution in [0.25, 0.3) is 10.9 Å². The second-order valence-corrected chi connectivity index (χ2v) is 8.54. The van der Waals surface area contributed by atoms with Gasteiger partial charge in [0, 0.05) is 50.9 Å². The molecule has 5 heterocycles. The lowest BCUT2D eigenvalue weighted by atomic mass is 10.2. The molecule has 5 rings (SSSR count). The molecule has 0 aliphatic carbocycles. The van der Waals surface area contributed by atoms with Gasteiger partial charge in [0.25, 0.3) is 0 Å². The van der Waals surface area contributed by atoms with Gasteiger partial charge in [-0.3, -0.25) is 0 Å². The summed E-state index contributed by atoms with van der Waals surface area (Å²) in [6.45, 7) is 9.64. The van der Waals surface area contributed by atoms with Gasteiger partial charge in [-0.1, -0.05) is 0 Å². The van der Waals surface area contributed by atoms with E-state index in [9.17, 15) is 5.11 Å². The third-order valence-corrected chi connectivity index (χ3v) is 6.16. The van der Waals surface area contributed by atoms with E-state index in [1.807, 2.05) is 19.1 Å². The Labute approximate surface area is 187 Å². The summed E-state index contributed by atoms with van der Waals surface area (Å²) >= 11 is 0. The highest BCUT2D eigenvalue weighted by molar-refractivity contribution is 5.89. The number of nitrogens with zero attached hydrogens (tertiary/aromatic N) is 6. The van der Waals surface area contributed by atoms with Crippen LogP contribution in [-0.2, 0) is 0 Å². The van der Waals surface area contributed by atoms with Crippen LogP contribution in [0.4, 0.5) is 23.3 Å². The molecule has 3 aromatic rings. The van der Waals surface area contributed by atoms with Gasteiger partial charge in [0.2, 0.25) is 5.95 Å². The van der Waals surface area contributed by atoms with E-state index in [0.29, 0.717) is 11.6 Å². The monoisotopic (exact) mass is 434 g/mol. The molecule has 3 aromatic heterocycles. The lowest BCUT2D eigenvalue weighted by molar-refractivity contribution is 0.194. The maximum atomic E-state index is 10.1. The van der Waals surface area contributed by atoms with Crippen molar-refractivity contribution in [2.45, 2.75) is 32.8 Å². The minimum Gasteiger partial charge on any atom is -0.387 e. The SMILES string of the molecule is Cc1nc(Nc2ncc3cc(C(C)O)nc(N4CCCC4)c3n2)ccc1N1CCNCC1. The molecule has 9 heteroatoms. The number of rotatable bonds is 5. The molecule has 1 unspecified atom stereocenters. The molecule has 2 aliphatic heterocycles. The second kappa shape index (κ2) is 8.84. The van der Waals surface area contributed by atoms with Crippen molar-refractivity contribution in [2.75, 3.05) is 54.4 Å². The van der Waals surface area contributed by atoms with Crippen LogP contribution < -0.4 is 20.4 Å². The molecular formula is C23H30N8O. The number of aryl methyl sites for hydroxylation is 1. The first-order valence-electron chi connectivity index (χ1n) is 11.4. The Morgan fingerprint density at radius 2 is 1.81 bits per heavy atom. The van der Waals surface area contributed by atoms with Crippen molar-refractivity contribution in [3.63, 3.8) is 0 Å². The first-order valence-corrected chi connectivity index (χ1v) is 11.4. The zero-order valence-electron chi connectivity index (χ0n) is 18.7. The first kappa shape index (κ1) is 20.8. The molecule has 0 aromatic carbocycles. The quantitative estimate of drug-likeness (QED) is 0.559. The highest BCUT2D eigenvalue weighted by atomic mass is 16.3. The Morgan fingerprint density at radius 1 is 1.03 bits per heavy atom. The Kier molecular flexibility index (Phi) is 5.75. The van der Waals surface area contributed by atoms with E-state index >= 15 is 0 Å². The zero-order chi connectivity index (χ0) is 22.1. The fraction of sp³-hybridized carbons (Fsp3) is 0.478. The summed E-state index contributed by atoms with van der Waals surface area (Å²) in [7, 11) is 0. The number of nitrogens with one attached hydrogen (secondary N) is 2. The van der Waals surface area contributed by atoms with E-state index < -0.39 is 6.10 Å². The van der Waals surface area contributed by atoms with Gasteiger partial charge in [0.05, 0.1) is 23.2 Å².